The van der Waals surface area contributed by atoms with E-state index in [0.29, 0.717) is 23.8 Å². The molecule has 0 spiro atoms. The largest absolute Gasteiger partial charge is 0.450 e. The van der Waals surface area contributed by atoms with Crippen LogP contribution in [0.2, 0.25) is 0 Å². The summed E-state index contributed by atoms with van der Waals surface area (Å²) in [5.41, 5.74) is 6.38. The molecule has 0 saturated carbocycles. The summed E-state index contributed by atoms with van der Waals surface area (Å²) >= 11 is 3.41. The van der Waals surface area contributed by atoms with E-state index in [0.717, 1.165) is 16.3 Å². The number of para-hydroxylation sites is 1. The molecule has 1 aromatic carbocycles. The molecule has 5 heteroatoms. The Bertz CT molecular complexity index is 607. The van der Waals surface area contributed by atoms with Gasteiger partial charge in [0.2, 0.25) is 0 Å². The Labute approximate surface area is 126 Å². The molecule has 0 aliphatic rings. The maximum atomic E-state index is 12.2. The molecule has 0 bridgehead atoms. The highest BCUT2D eigenvalue weighted by atomic mass is 79.9. The van der Waals surface area contributed by atoms with Crippen molar-refractivity contribution >= 4 is 32.8 Å². The average Bonchev–Trinajstić information content (AvgIpc) is 2.83. The zero-order chi connectivity index (χ0) is 14.7. The first kappa shape index (κ1) is 15.1. The zero-order valence-electron chi connectivity index (χ0n) is 11.7. The van der Waals surface area contributed by atoms with Crippen LogP contribution in [0.15, 0.2) is 33.2 Å². The Morgan fingerprint density at radius 3 is 2.80 bits per heavy atom. The molecular formula is C15H19BrN2O2. The first-order valence-corrected chi connectivity index (χ1v) is 7.49. The van der Waals surface area contributed by atoms with Crippen molar-refractivity contribution in [1.82, 2.24) is 5.32 Å². The van der Waals surface area contributed by atoms with Gasteiger partial charge in [-0.15, -0.1) is 0 Å². The summed E-state index contributed by atoms with van der Waals surface area (Å²) in [5.74, 6) is 0.576. The van der Waals surface area contributed by atoms with Gasteiger partial charge in [-0.05, 0) is 40.4 Å². The van der Waals surface area contributed by atoms with Gasteiger partial charge in [-0.25, -0.2) is 0 Å². The Hall–Kier alpha value is -1.33. The lowest BCUT2D eigenvalue weighted by Crippen LogP contribution is -2.40. The molecule has 20 heavy (non-hydrogen) atoms. The van der Waals surface area contributed by atoms with Crippen LogP contribution in [0.3, 0.4) is 0 Å². The van der Waals surface area contributed by atoms with E-state index in [4.69, 9.17) is 10.2 Å². The number of halogens is 1. The van der Waals surface area contributed by atoms with Gasteiger partial charge in [-0.2, -0.15) is 0 Å². The fourth-order valence-corrected chi connectivity index (χ4v) is 2.64. The molecule has 2 aromatic rings. The summed E-state index contributed by atoms with van der Waals surface area (Å²) < 4.78 is 6.45. The van der Waals surface area contributed by atoms with Crippen LogP contribution in [0, 0.1) is 5.92 Å². The van der Waals surface area contributed by atoms with Crippen LogP contribution in [0.25, 0.3) is 11.0 Å². The molecule has 1 atom stereocenters. The highest BCUT2D eigenvalue weighted by molar-refractivity contribution is 9.10. The molecule has 4 nitrogen and oxygen atoms in total. The van der Waals surface area contributed by atoms with Crippen molar-refractivity contribution in [3.63, 3.8) is 0 Å². The number of nitrogens with one attached hydrogen (secondary N) is 1. The quantitative estimate of drug-likeness (QED) is 0.878. The van der Waals surface area contributed by atoms with Crippen LogP contribution < -0.4 is 11.1 Å². The molecule has 1 unspecified atom stereocenters. The van der Waals surface area contributed by atoms with Crippen molar-refractivity contribution in [2.24, 2.45) is 11.7 Å². The van der Waals surface area contributed by atoms with E-state index >= 15 is 0 Å². The molecule has 0 saturated heterocycles. The third-order valence-corrected chi connectivity index (χ3v) is 3.72. The predicted octanol–water partition coefficient (Wildman–Crippen LogP) is 3.30. The third kappa shape index (κ3) is 3.41. The highest BCUT2D eigenvalue weighted by Crippen LogP contribution is 2.26. The monoisotopic (exact) mass is 338 g/mol. The van der Waals surface area contributed by atoms with Crippen LogP contribution in [-0.4, -0.2) is 18.5 Å². The SMILES string of the molecule is CC(C)CC(CN)NC(=O)c1cc2cccc(Br)c2o1. The summed E-state index contributed by atoms with van der Waals surface area (Å²) in [4.78, 5) is 12.2. The van der Waals surface area contributed by atoms with Gasteiger partial charge in [0.15, 0.2) is 5.76 Å². The Morgan fingerprint density at radius 2 is 2.20 bits per heavy atom. The average molecular weight is 339 g/mol. The molecule has 0 radical (unpaired) electrons. The van der Waals surface area contributed by atoms with Gasteiger partial charge >= 0.3 is 0 Å². The number of nitrogens with two attached hydrogens (primary N) is 1. The molecule has 3 N–H and O–H groups in total. The van der Waals surface area contributed by atoms with Gasteiger partial charge in [-0.3, -0.25) is 4.79 Å². The maximum Gasteiger partial charge on any atom is 0.287 e. The van der Waals surface area contributed by atoms with Gasteiger partial charge in [0.25, 0.3) is 5.91 Å². The number of rotatable bonds is 5. The summed E-state index contributed by atoms with van der Waals surface area (Å²) in [7, 11) is 0. The number of hydrogen-bond acceptors (Lipinski definition) is 3. The summed E-state index contributed by atoms with van der Waals surface area (Å²) in [5, 5.41) is 3.82. The number of amides is 1. The maximum absolute atomic E-state index is 12.2. The lowest BCUT2D eigenvalue weighted by molar-refractivity contribution is 0.0908. The van der Waals surface area contributed by atoms with Gasteiger partial charge in [0.05, 0.1) is 4.47 Å². The van der Waals surface area contributed by atoms with Gasteiger partial charge in [0, 0.05) is 18.0 Å². The van der Waals surface area contributed by atoms with E-state index in [1.54, 1.807) is 6.07 Å². The summed E-state index contributed by atoms with van der Waals surface area (Å²) in [6, 6.07) is 7.42. The molecule has 1 aromatic heterocycles. The predicted molar refractivity (Wildman–Crippen MR) is 83.7 cm³/mol. The van der Waals surface area contributed by atoms with Gasteiger partial charge < -0.3 is 15.5 Å². The Morgan fingerprint density at radius 1 is 1.45 bits per heavy atom. The van der Waals surface area contributed by atoms with Gasteiger partial charge in [0.1, 0.15) is 5.58 Å². The highest BCUT2D eigenvalue weighted by Gasteiger charge is 2.17. The van der Waals surface area contributed by atoms with Crippen molar-refractivity contribution in [2.45, 2.75) is 26.3 Å². The molecule has 0 aliphatic heterocycles. The first-order chi connectivity index (χ1) is 9.51. The molecular weight excluding hydrogens is 320 g/mol. The van der Waals surface area contributed by atoms with Gasteiger partial charge in [-0.1, -0.05) is 26.0 Å². The van der Waals surface area contributed by atoms with Crippen LogP contribution in [-0.2, 0) is 0 Å². The van der Waals surface area contributed by atoms with Crippen molar-refractivity contribution in [1.29, 1.82) is 0 Å². The molecule has 0 aliphatic carbocycles. The third-order valence-electron chi connectivity index (χ3n) is 3.10. The standard InChI is InChI=1S/C15H19BrN2O2/c1-9(2)6-11(8-17)18-15(19)13-7-10-4-3-5-12(16)14(10)20-13/h3-5,7,9,11H,6,8,17H2,1-2H3,(H,18,19). The number of fused-ring (bicyclic) bond motifs is 1. The normalized spacial score (nSPS) is 12.8. The second kappa shape index (κ2) is 6.41. The van der Waals surface area contributed by atoms with Crippen LogP contribution in [0.1, 0.15) is 30.8 Å². The van der Waals surface area contributed by atoms with E-state index in [9.17, 15) is 4.79 Å². The number of carbonyl (C=O) groups is 1. The van der Waals surface area contributed by atoms with E-state index in [-0.39, 0.29) is 11.9 Å². The second-order valence-corrected chi connectivity index (χ2v) is 6.16. The van der Waals surface area contributed by atoms with E-state index in [2.05, 4.69) is 35.1 Å². The van der Waals surface area contributed by atoms with Crippen molar-refractivity contribution < 1.29 is 9.21 Å². The Kier molecular flexibility index (Phi) is 4.83. The minimum absolute atomic E-state index is 0.0286. The topological polar surface area (TPSA) is 68.3 Å². The molecule has 1 heterocycles. The molecule has 0 fully saturated rings. The molecule has 108 valence electrons. The van der Waals surface area contributed by atoms with Crippen molar-refractivity contribution in [3.8, 4) is 0 Å². The van der Waals surface area contributed by atoms with Crippen LogP contribution in [0.5, 0.6) is 0 Å². The smallest absolute Gasteiger partial charge is 0.287 e. The summed E-state index contributed by atoms with van der Waals surface area (Å²) in [6.45, 7) is 4.63. The fraction of sp³-hybridized carbons (Fsp3) is 0.400. The van der Waals surface area contributed by atoms with E-state index < -0.39 is 0 Å². The first-order valence-electron chi connectivity index (χ1n) is 6.70. The minimum atomic E-state index is -0.218. The zero-order valence-corrected chi connectivity index (χ0v) is 13.2. The minimum Gasteiger partial charge on any atom is -0.450 e. The number of benzene rings is 1. The molecule has 1 amide bonds. The van der Waals surface area contributed by atoms with Crippen molar-refractivity contribution in [2.75, 3.05) is 6.54 Å². The number of carbonyl (C=O) groups excluding carboxylic acids is 1. The lowest BCUT2D eigenvalue weighted by Gasteiger charge is -2.17. The molecule has 2 rings (SSSR count). The van der Waals surface area contributed by atoms with Crippen molar-refractivity contribution in [3.05, 3.63) is 34.5 Å². The van der Waals surface area contributed by atoms with Crippen LogP contribution >= 0.6 is 15.9 Å². The fourth-order valence-electron chi connectivity index (χ4n) is 2.18. The number of furan rings is 1. The lowest BCUT2D eigenvalue weighted by atomic mass is 10.0. The number of hydrogen-bond donors (Lipinski definition) is 2. The van der Waals surface area contributed by atoms with E-state index in [1.807, 2.05) is 18.2 Å². The Balaban J connectivity index is 2.16. The van der Waals surface area contributed by atoms with E-state index in [1.165, 1.54) is 0 Å². The van der Waals surface area contributed by atoms with Crippen LogP contribution in [0.4, 0.5) is 0 Å². The summed E-state index contributed by atoms with van der Waals surface area (Å²) in [6.07, 6.45) is 0.853. The second-order valence-electron chi connectivity index (χ2n) is 5.30.